The highest BCUT2D eigenvalue weighted by atomic mass is 35.5. The summed E-state index contributed by atoms with van der Waals surface area (Å²) in [5.74, 6) is -0.111. The van der Waals surface area contributed by atoms with Gasteiger partial charge in [-0.3, -0.25) is 4.79 Å². The van der Waals surface area contributed by atoms with Gasteiger partial charge in [0.15, 0.2) is 18.1 Å². The Hall–Kier alpha value is -3.34. The molecule has 0 fully saturated rings. The highest BCUT2D eigenvalue weighted by Gasteiger charge is 2.22. The van der Waals surface area contributed by atoms with Gasteiger partial charge in [-0.05, 0) is 50.2 Å². The van der Waals surface area contributed by atoms with Gasteiger partial charge in [-0.15, -0.1) is 0 Å². The number of benzene rings is 2. The Morgan fingerprint density at radius 3 is 2.52 bits per heavy atom. The van der Waals surface area contributed by atoms with Gasteiger partial charge in [0.25, 0.3) is 0 Å². The first-order valence-electron chi connectivity index (χ1n) is 9.68. The molecule has 4 rings (SSSR count). The molecule has 1 aliphatic rings. The number of aryl methyl sites for hydroxylation is 1. The number of hydrogen-bond acceptors (Lipinski definition) is 7. The third-order valence-electron chi connectivity index (χ3n) is 5.17. The van der Waals surface area contributed by atoms with E-state index in [4.69, 9.17) is 31.0 Å². The van der Waals surface area contributed by atoms with Crippen molar-refractivity contribution in [2.24, 2.45) is 5.14 Å². The highest BCUT2D eigenvalue weighted by Crippen LogP contribution is 2.35. The first kappa shape index (κ1) is 22.8. The van der Waals surface area contributed by atoms with Gasteiger partial charge in [-0.25, -0.2) is 18.4 Å². The lowest BCUT2D eigenvalue weighted by molar-refractivity contribution is 0.0474. The van der Waals surface area contributed by atoms with E-state index in [0.717, 1.165) is 17.4 Å². The molecule has 172 valence electrons. The third-order valence-corrected chi connectivity index (χ3v) is 6.41. The number of aromatic nitrogens is 1. The van der Waals surface area contributed by atoms with Crippen LogP contribution in [0.25, 0.3) is 5.69 Å². The lowest BCUT2D eigenvalue weighted by atomic mass is 10.1. The van der Waals surface area contributed by atoms with Crippen LogP contribution < -0.4 is 14.6 Å². The Bertz CT molecular complexity index is 1400. The smallest absolute Gasteiger partial charge is 0.340 e. The SMILES string of the molecule is Cc1cc(C(=O)COC(=O)c2cc(S(N)(=O)=O)ccc2Cl)c(C)n1-c1ccc2c(c1)OCO2. The van der Waals surface area contributed by atoms with Crippen LogP contribution in [0.2, 0.25) is 5.02 Å². The zero-order valence-electron chi connectivity index (χ0n) is 17.6. The minimum Gasteiger partial charge on any atom is -0.454 e. The van der Waals surface area contributed by atoms with Crippen molar-refractivity contribution in [1.29, 1.82) is 0 Å². The Labute approximate surface area is 194 Å². The summed E-state index contributed by atoms with van der Waals surface area (Å²) in [7, 11) is -4.04. The van der Waals surface area contributed by atoms with E-state index in [2.05, 4.69) is 0 Å². The number of halogens is 1. The third kappa shape index (κ3) is 4.45. The number of nitrogens with two attached hydrogens (primary N) is 1. The van der Waals surface area contributed by atoms with Crippen molar-refractivity contribution >= 4 is 33.4 Å². The van der Waals surface area contributed by atoms with E-state index in [-0.39, 0.29) is 22.3 Å². The van der Waals surface area contributed by atoms with Gasteiger partial charge < -0.3 is 18.8 Å². The van der Waals surface area contributed by atoms with Gasteiger partial charge >= 0.3 is 5.97 Å². The Balaban J connectivity index is 1.53. The van der Waals surface area contributed by atoms with E-state index < -0.39 is 28.4 Å². The predicted octanol–water partition coefficient (Wildman–Crippen LogP) is 3.16. The number of Topliss-reactive ketones (excluding diaryl/α,β-unsaturated/α-hetero) is 1. The molecule has 3 aromatic rings. The van der Waals surface area contributed by atoms with Gasteiger partial charge in [-0.2, -0.15) is 0 Å². The second-order valence-electron chi connectivity index (χ2n) is 7.34. The number of carbonyl (C=O) groups excluding carboxylic acids is 2. The molecule has 33 heavy (non-hydrogen) atoms. The summed E-state index contributed by atoms with van der Waals surface area (Å²) < 4.78 is 40.8. The normalized spacial score (nSPS) is 12.6. The predicted molar refractivity (Wildman–Crippen MR) is 119 cm³/mol. The van der Waals surface area contributed by atoms with Crippen LogP contribution in [-0.4, -0.2) is 38.1 Å². The standard InChI is InChI=1S/C22H19ClN2O7S/c1-12-7-16(13(2)25(12)14-3-6-20-21(8-14)32-11-31-20)19(26)10-30-22(27)17-9-15(33(24,28)29)4-5-18(17)23/h3-9H,10-11H2,1-2H3,(H2,24,28,29). The number of carbonyl (C=O) groups is 2. The molecule has 0 aliphatic carbocycles. The van der Waals surface area contributed by atoms with E-state index in [1.165, 1.54) is 12.1 Å². The molecule has 1 aromatic heterocycles. The molecular weight excluding hydrogens is 472 g/mol. The second-order valence-corrected chi connectivity index (χ2v) is 9.31. The van der Waals surface area contributed by atoms with Crippen molar-refractivity contribution < 1.29 is 32.2 Å². The minimum absolute atomic E-state index is 0.0270. The quantitative estimate of drug-likeness (QED) is 0.415. The fraction of sp³-hybridized carbons (Fsp3) is 0.182. The van der Waals surface area contributed by atoms with Gasteiger partial charge in [0.2, 0.25) is 22.6 Å². The Morgan fingerprint density at radius 1 is 1.06 bits per heavy atom. The molecule has 0 saturated heterocycles. The van der Waals surface area contributed by atoms with Gasteiger partial charge in [0.1, 0.15) is 0 Å². The molecule has 0 saturated carbocycles. The van der Waals surface area contributed by atoms with E-state index in [1.807, 2.05) is 23.6 Å². The maximum atomic E-state index is 12.8. The van der Waals surface area contributed by atoms with Crippen molar-refractivity contribution in [2.45, 2.75) is 18.7 Å². The molecule has 0 amide bonds. The molecular formula is C22H19ClN2O7S. The van der Waals surface area contributed by atoms with Crippen LogP contribution >= 0.6 is 11.6 Å². The van der Waals surface area contributed by atoms with Crippen molar-refractivity contribution in [3.8, 4) is 17.2 Å². The summed E-state index contributed by atoms with van der Waals surface area (Å²) in [4.78, 5) is 25.0. The van der Waals surface area contributed by atoms with Gasteiger partial charge in [0, 0.05) is 28.7 Å². The maximum Gasteiger partial charge on any atom is 0.340 e. The average Bonchev–Trinajstić information content (AvgIpc) is 3.34. The topological polar surface area (TPSA) is 127 Å². The lowest BCUT2D eigenvalue weighted by Gasteiger charge is -2.11. The Kier molecular flexibility index (Phi) is 5.91. The molecule has 2 heterocycles. The van der Waals surface area contributed by atoms with Crippen LogP contribution in [0.15, 0.2) is 47.4 Å². The summed E-state index contributed by atoms with van der Waals surface area (Å²) in [6.07, 6.45) is 0. The number of primary sulfonamides is 1. The summed E-state index contributed by atoms with van der Waals surface area (Å²) in [5, 5.41) is 5.06. The number of nitrogens with zero attached hydrogens (tertiary/aromatic N) is 1. The first-order valence-corrected chi connectivity index (χ1v) is 11.6. The summed E-state index contributed by atoms with van der Waals surface area (Å²) >= 11 is 5.99. The lowest BCUT2D eigenvalue weighted by Crippen LogP contribution is -2.17. The number of esters is 1. The maximum absolute atomic E-state index is 12.8. The van der Waals surface area contributed by atoms with Crippen molar-refractivity contribution in [3.63, 3.8) is 0 Å². The fourth-order valence-electron chi connectivity index (χ4n) is 3.59. The number of sulfonamides is 1. The van der Waals surface area contributed by atoms with Crippen LogP contribution in [0.1, 0.15) is 32.1 Å². The number of hydrogen-bond donors (Lipinski definition) is 1. The van der Waals surface area contributed by atoms with Gasteiger partial charge in [0.05, 0.1) is 15.5 Å². The van der Waals surface area contributed by atoms with Crippen LogP contribution in [0.3, 0.4) is 0 Å². The summed E-state index contributed by atoms with van der Waals surface area (Å²) in [6, 6.07) is 10.6. The van der Waals surface area contributed by atoms with E-state index in [1.54, 1.807) is 19.1 Å². The van der Waals surface area contributed by atoms with E-state index >= 15 is 0 Å². The van der Waals surface area contributed by atoms with Crippen LogP contribution in [0, 0.1) is 13.8 Å². The van der Waals surface area contributed by atoms with Gasteiger partial charge in [-0.1, -0.05) is 11.6 Å². The largest absolute Gasteiger partial charge is 0.454 e. The molecule has 0 spiro atoms. The monoisotopic (exact) mass is 490 g/mol. The number of ketones is 1. The molecule has 11 heteroatoms. The summed E-state index contributed by atoms with van der Waals surface area (Å²) in [6.45, 7) is 3.22. The molecule has 2 aromatic carbocycles. The molecule has 0 atom stereocenters. The van der Waals surface area contributed by atoms with Crippen LogP contribution in [0.5, 0.6) is 11.5 Å². The van der Waals surface area contributed by atoms with E-state index in [9.17, 15) is 18.0 Å². The van der Waals surface area contributed by atoms with Crippen molar-refractivity contribution in [1.82, 2.24) is 4.57 Å². The molecule has 0 unspecified atom stereocenters. The number of fused-ring (bicyclic) bond motifs is 1. The fourth-order valence-corrected chi connectivity index (χ4v) is 4.33. The number of rotatable bonds is 6. The molecule has 2 N–H and O–H groups in total. The zero-order chi connectivity index (χ0) is 23.9. The van der Waals surface area contributed by atoms with Crippen molar-refractivity contribution in [2.75, 3.05) is 13.4 Å². The molecule has 1 aliphatic heterocycles. The summed E-state index contributed by atoms with van der Waals surface area (Å²) in [5.41, 5.74) is 2.41. The molecule has 0 bridgehead atoms. The average molecular weight is 491 g/mol. The molecule has 0 radical (unpaired) electrons. The number of ether oxygens (including phenoxy) is 3. The highest BCUT2D eigenvalue weighted by molar-refractivity contribution is 7.89. The molecule has 9 nitrogen and oxygen atoms in total. The van der Waals surface area contributed by atoms with Crippen molar-refractivity contribution in [3.05, 3.63) is 70.0 Å². The first-order chi connectivity index (χ1) is 15.6. The minimum atomic E-state index is -4.04. The zero-order valence-corrected chi connectivity index (χ0v) is 19.2. The van der Waals surface area contributed by atoms with Crippen LogP contribution in [-0.2, 0) is 14.8 Å². The van der Waals surface area contributed by atoms with Crippen LogP contribution in [0.4, 0.5) is 0 Å². The van der Waals surface area contributed by atoms with E-state index in [0.29, 0.717) is 22.8 Å². The Morgan fingerprint density at radius 2 is 1.79 bits per heavy atom. The second kappa shape index (κ2) is 8.54.